The maximum atomic E-state index is 5.87. The molecule has 2 fully saturated rings. The van der Waals surface area contributed by atoms with Crippen LogP contribution in [0, 0.1) is 0 Å². The van der Waals surface area contributed by atoms with Crippen molar-refractivity contribution in [2.45, 2.75) is 12.5 Å². The number of hydrogen-bond donors (Lipinski definition) is 1. The van der Waals surface area contributed by atoms with E-state index in [0.29, 0.717) is 11.0 Å². The molecule has 0 aliphatic carbocycles. The average molecular weight is 370 g/mol. The molecule has 1 atom stereocenters. The number of rotatable bonds is 3. The van der Waals surface area contributed by atoms with E-state index in [0.717, 1.165) is 55.1 Å². The van der Waals surface area contributed by atoms with Gasteiger partial charge < -0.3 is 15.4 Å². The van der Waals surface area contributed by atoms with Gasteiger partial charge in [-0.05, 0) is 24.6 Å². The second-order valence-corrected chi connectivity index (χ2v) is 6.92. The molecule has 1 unspecified atom stereocenters. The summed E-state index contributed by atoms with van der Waals surface area (Å²) < 4.78 is 6.50. The SMILES string of the molecule is NC(=S)c1ccc(Br)cc1N1CCC(N2CCOCC2)C1. The lowest BCUT2D eigenvalue weighted by molar-refractivity contribution is 0.0209. The van der Waals surface area contributed by atoms with Crippen LogP contribution in [0.15, 0.2) is 22.7 Å². The fraction of sp³-hybridized carbons (Fsp3) is 0.533. The lowest BCUT2D eigenvalue weighted by Gasteiger charge is -2.32. The first-order valence-corrected chi connectivity index (χ1v) is 8.51. The van der Waals surface area contributed by atoms with Crippen molar-refractivity contribution in [2.75, 3.05) is 44.3 Å². The molecule has 2 saturated heterocycles. The number of thiocarbonyl (C=S) groups is 1. The van der Waals surface area contributed by atoms with Crippen LogP contribution in [0.4, 0.5) is 5.69 Å². The van der Waals surface area contributed by atoms with E-state index in [1.165, 1.54) is 6.42 Å². The number of nitrogens with two attached hydrogens (primary N) is 1. The highest BCUT2D eigenvalue weighted by atomic mass is 79.9. The van der Waals surface area contributed by atoms with Crippen molar-refractivity contribution in [1.29, 1.82) is 0 Å². The predicted molar refractivity (Wildman–Crippen MR) is 93.0 cm³/mol. The number of morpholine rings is 1. The van der Waals surface area contributed by atoms with Crippen LogP contribution in [0.1, 0.15) is 12.0 Å². The van der Waals surface area contributed by atoms with Gasteiger partial charge in [0.15, 0.2) is 0 Å². The molecule has 0 spiro atoms. The van der Waals surface area contributed by atoms with Crippen LogP contribution in [0.2, 0.25) is 0 Å². The molecule has 21 heavy (non-hydrogen) atoms. The minimum Gasteiger partial charge on any atom is -0.389 e. The first kappa shape index (κ1) is 15.2. The number of benzene rings is 1. The van der Waals surface area contributed by atoms with Gasteiger partial charge in [-0.3, -0.25) is 4.90 Å². The summed E-state index contributed by atoms with van der Waals surface area (Å²) in [6, 6.07) is 6.72. The topological polar surface area (TPSA) is 41.7 Å². The van der Waals surface area contributed by atoms with Crippen molar-refractivity contribution in [3.63, 3.8) is 0 Å². The van der Waals surface area contributed by atoms with Crippen molar-refractivity contribution in [2.24, 2.45) is 5.73 Å². The van der Waals surface area contributed by atoms with Crippen LogP contribution in [0.3, 0.4) is 0 Å². The molecule has 0 radical (unpaired) electrons. The molecular formula is C15H20BrN3OS. The Balaban J connectivity index is 1.76. The molecular weight excluding hydrogens is 350 g/mol. The third-order valence-electron chi connectivity index (χ3n) is 4.29. The van der Waals surface area contributed by atoms with Crippen molar-refractivity contribution in [3.05, 3.63) is 28.2 Å². The van der Waals surface area contributed by atoms with E-state index in [9.17, 15) is 0 Å². The first-order valence-electron chi connectivity index (χ1n) is 7.31. The fourth-order valence-electron chi connectivity index (χ4n) is 3.18. The van der Waals surface area contributed by atoms with Crippen molar-refractivity contribution < 1.29 is 4.74 Å². The van der Waals surface area contributed by atoms with Crippen LogP contribution in [0.25, 0.3) is 0 Å². The summed E-state index contributed by atoms with van der Waals surface area (Å²) in [4.78, 5) is 5.41. The Hall–Kier alpha value is -0.690. The fourth-order valence-corrected chi connectivity index (χ4v) is 3.70. The monoisotopic (exact) mass is 369 g/mol. The van der Waals surface area contributed by atoms with Crippen molar-refractivity contribution >= 4 is 38.8 Å². The smallest absolute Gasteiger partial charge is 0.106 e. The van der Waals surface area contributed by atoms with Gasteiger partial charge in [0.2, 0.25) is 0 Å². The molecule has 2 heterocycles. The molecule has 6 heteroatoms. The van der Waals surface area contributed by atoms with Gasteiger partial charge in [-0.2, -0.15) is 0 Å². The van der Waals surface area contributed by atoms with Gasteiger partial charge in [0.05, 0.1) is 13.2 Å². The highest BCUT2D eigenvalue weighted by Gasteiger charge is 2.30. The Kier molecular flexibility index (Phi) is 4.78. The average Bonchev–Trinajstić information content (AvgIpc) is 2.97. The minimum atomic E-state index is 0.465. The standard InChI is InChI=1S/C15H20BrN3OS/c16-11-1-2-13(15(17)21)14(9-11)19-4-3-12(10-19)18-5-7-20-8-6-18/h1-2,9,12H,3-8,10H2,(H2,17,21). The van der Waals surface area contributed by atoms with Crippen LogP contribution >= 0.6 is 28.1 Å². The summed E-state index contributed by atoms with van der Waals surface area (Å²) >= 11 is 8.74. The second kappa shape index (κ2) is 6.60. The number of anilines is 1. The molecule has 2 aliphatic heterocycles. The largest absolute Gasteiger partial charge is 0.389 e. The Morgan fingerprint density at radius 3 is 2.76 bits per heavy atom. The number of halogens is 1. The third-order valence-corrected chi connectivity index (χ3v) is 5.00. The number of nitrogens with zero attached hydrogens (tertiary/aromatic N) is 2. The Morgan fingerprint density at radius 1 is 1.29 bits per heavy atom. The van der Waals surface area contributed by atoms with Gasteiger partial charge in [-0.25, -0.2) is 0 Å². The highest BCUT2D eigenvalue weighted by Crippen LogP contribution is 2.29. The lowest BCUT2D eigenvalue weighted by Crippen LogP contribution is -2.44. The Labute approximate surface area is 139 Å². The van der Waals surface area contributed by atoms with Crippen LogP contribution < -0.4 is 10.6 Å². The molecule has 0 bridgehead atoms. The van der Waals surface area contributed by atoms with Gasteiger partial charge in [-0.15, -0.1) is 0 Å². The normalized spacial score (nSPS) is 23.5. The van der Waals surface area contributed by atoms with Gasteiger partial charge in [0.1, 0.15) is 4.99 Å². The summed E-state index contributed by atoms with van der Waals surface area (Å²) in [5.74, 6) is 0. The summed E-state index contributed by atoms with van der Waals surface area (Å²) in [5, 5.41) is 0. The molecule has 1 aromatic rings. The molecule has 2 aliphatic rings. The molecule has 4 nitrogen and oxygen atoms in total. The molecule has 1 aromatic carbocycles. The number of hydrogen-bond acceptors (Lipinski definition) is 4. The van der Waals surface area contributed by atoms with Gasteiger partial charge in [0, 0.05) is 47.9 Å². The van der Waals surface area contributed by atoms with E-state index >= 15 is 0 Å². The van der Waals surface area contributed by atoms with Gasteiger partial charge in [0.25, 0.3) is 0 Å². The molecule has 0 aromatic heterocycles. The predicted octanol–water partition coefficient (Wildman–Crippen LogP) is 1.99. The quantitative estimate of drug-likeness (QED) is 0.825. The molecule has 0 amide bonds. The lowest BCUT2D eigenvalue weighted by atomic mass is 10.1. The van der Waals surface area contributed by atoms with Gasteiger partial charge >= 0.3 is 0 Å². The molecule has 2 N–H and O–H groups in total. The zero-order valence-electron chi connectivity index (χ0n) is 11.9. The number of ether oxygens (including phenoxy) is 1. The summed E-state index contributed by atoms with van der Waals surface area (Å²) in [7, 11) is 0. The summed E-state index contributed by atoms with van der Waals surface area (Å²) in [6.07, 6.45) is 1.18. The van der Waals surface area contributed by atoms with Crippen LogP contribution in [-0.4, -0.2) is 55.3 Å². The van der Waals surface area contributed by atoms with Gasteiger partial charge in [-0.1, -0.05) is 28.1 Å². The van der Waals surface area contributed by atoms with Crippen LogP contribution in [0.5, 0.6) is 0 Å². The summed E-state index contributed by atoms with van der Waals surface area (Å²) in [6.45, 7) is 5.87. The maximum Gasteiger partial charge on any atom is 0.106 e. The van der Waals surface area contributed by atoms with E-state index in [4.69, 9.17) is 22.7 Å². The molecule has 114 valence electrons. The second-order valence-electron chi connectivity index (χ2n) is 5.56. The van der Waals surface area contributed by atoms with E-state index in [2.05, 4.69) is 31.8 Å². The highest BCUT2D eigenvalue weighted by molar-refractivity contribution is 9.10. The van der Waals surface area contributed by atoms with E-state index in [-0.39, 0.29) is 0 Å². The maximum absolute atomic E-state index is 5.87. The first-order chi connectivity index (χ1) is 10.1. The third kappa shape index (κ3) is 3.39. The molecule has 3 rings (SSSR count). The Bertz CT molecular complexity index is 534. The van der Waals surface area contributed by atoms with E-state index < -0.39 is 0 Å². The zero-order chi connectivity index (χ0) is 14.8. The molecule has 0 saturated carbocycles. The van der Waals surface area contributed by atoms with Crippen molar-refractivity contribution in [3.8, 4) is 0 Å². The zero-order valence-corrected chi connectivity index (χ0v) is 14.3. The van der Waals surface area contributed by atoms with Crippen molar-refractivity contribution in [1.82, 2.24) is 4.90 Å². The van der Waals surface area contributed by atoms with Crippen LogP contribution in [-0.2, 0) is 4.74 Å². The van der Waals surface area contributed by atoms with E-state index in [1.54, 1.807) is 0 Å². The summed E-state index contributed by atoms with van der Waals surface area (Å²) in [5.41, 5.74) is 7.99. The minimum absolute atomic E-state index is 0.465. The van der Waals surface area contributed by atoms with E-state index in [1.807, 2.05) is 12.1 Å². The Morgan fingerprint density at radius 2 is 2.05 bits per heavy atom.